The van der Waals surface area contributed by atoms with Crippen molar-refractivity contribution in [2.45, 2.75) is 38.8 Å². The monoisotopic (exact) mass is 482 g/mol. The molecule has 2 rings (SSSR count). The second-order valence-corrected chi connectivity index (χ2v) is 8.60. The molecule has 1 unspecified atom stereocenters. The van der Waals surface area contributed by atoms with Crippen molar-refractivity contribution in [1.29, 1.82) is 0 Å². The van der Waals surface area contributed by atoms with Crippen molar-refractivity contribution in [3.63, 3.8) is 0 Å². The zero-order valence-corrected chi connectivity index (χ0v) is 17.5. The van der Waals surface area contributed by atoms with E-state index in [0.717, 1.165) is 6.07 Å². The molecule has 1 aromatic rings. The molecule has 1 saturated heterocycles. The molecule has 2 amide bonds. The van der Waals surface area contributed by atoms with Crippen LogP contribution in [0, 0.1) is 9.39 Å². The van der Waals surface area contributed by atoms with Gasteiger partial charge in [-0.1, -0.05) is 11.6 Å². The molecule has 1 aliphatic heterocycles. The maximum Gasteiger partial charge on any atom is 0.410 e. The highest BCUT2D eigenvalue weighted by Crippen LogP contribution is 2.25. The molecule has 0 bridgehead atoms. The number of likely N-dealkylation sites (tertiary alicyclic amines) is 1. The molecule has 0 N–H and O–H groups in total. The first-order chi connectivity index (χ1) is 11.5. The van der Waals surface area contributed by atoms with Crippen molar-refractivity contribution in [3.05, 3.63) is 32.1 Å². The van der Waals surface area contributed by atoms with Crippen molar-refractivity contribution in [2.75, 3.05) is 20.1 Å². The van der Waals surface area contributed by atoms with Crippen LogP contribution in [0.3, 0.4) is 0 Å². The normalized spacial score (nSPS) is 17.6. The van der Waals surface area contributed by atoms with E-state index in [-0.39, 0.29) is 28.6 Å². The molecule has 1 aromatic carbocycles. The average molecular weight is 483 g/mol. The second-order valence-electron chi connectivity index (χ2n) is 7.03. The third kappa shape index (κ3) is 4.97. The summed E-state index contributed by atoms with van der Waals surface area (Å²) in [6, 6.07) is 2.45. The number of hydrogen-bond acceptors (Lipinski definition) is 3. The van der Waals surface area contributed by atoms with Crippen LogP contribution in [-0.2, 0) is 4.74 Å². The molecule has 0 saturated carbocycles. The van der Waals surface area contributed by atoms with Gasteiger partial charge in [0.05, 0.1) is 16.6 Å². The molecule has 0 radical (unpaired) electrons. The van der Waals surface area contributed by atoms with Crippen molar-refractivity contribution in [2.24, 2.45) is 0 Å². The SMILES string of the molecule is CN(C(=O)c1cc(I)c(F)cc1Cl)C1CCN(C(=O)OC(C)(C)C)C1. The summed E-state index contributed by atoms with van der Waals surface area (Å²) in [5.41, 5.74) is -0.305. The maximum atomic E-state index is 13.5. The van der Waals surface area contributed by atoms with Crippen LogP contribution in [0.1, 0.15) is 37.6 Å². The second kappa shape index (κ2) is 7.65. The number of carbonyl (C=O) groups is 2. The van der Waals surface area contributed by atoms with Crippen LogP contribution < -0.4 is 0 Å². The maximum absolute atomic E-state index is 13.5. The minimum atomic E-state index is -0.560. The van der Waals surface area contributed by atoms with E-state index in [0.29, 0.717) is 23.1 Å². The predicted octanol–water partition coefficient (Wildman–Crippen LogP) is 4.17. The Balaban J connectivity index is 2.07. The van der Waals surface area contributed by atoms with Gasteiger partial charge >= 0.3 is 6.09 Å². The zero-order chi connectivity index (χ0) is 18.9. The zero-order valence-electron chi connectivity index (χ0n) is 14.6. The van der Waals surface area contributed by atoms with E-state index in [1.54, 1.807) is 16.8 Å². The Kier molecular flexibility index (Phi) is 6.19. The lowest BCUT2D eigenvalue weighted by Crippen LogP contribution is -2.41. The quantitative estimate of drug-likeness (QED) is 0.470. The summed E-state index contributed by atoms with van der Waals surface area (Å²) in [6.07, 6.45) is 0.266. The Labute approximate surface area is 165 Å². The Morgan fingerprint density at radius 2 is 2.04 bits per heavy atom. The molecule has 138 valence electrons. The van der Waals surface area contributed by atoms with E-state index in [9.17, 15) is 14.0 Å². The topological polar surface area (TPSA) is 49.9 Å². The number of rotatable bonds is 2. The summed E-state index contributed by atoms with van der Waals surface area (Å²) < 4.78 is 19.2. The van der Waals surface area contributed by atoms with E-state index in [4.69, 9.17) is 16.3 Å². The van der Waals surface area contributed by atoms with E-state index in [2.05, 4.69) is 0 Å². The van der Waals surface area contributed by atoms with E-state index in [1.807, 2.05) is 43.4 Å². The Bertz CT molecular complexity index is 693. The summed E-state index contributed by atoms with van der Waals surface area (Å²) in [6.45, 7) is 6.35. The number of halogens is 3. The molecule has 1 atom stereocenters. The highest BCUT2D eigenvalue weighted by Gasteiger charge is 2.34. The van der Waals surface area contributed by atoms with Gasteiger partial charge in [0.2, 0.25) is 0 Å². The Morgan fingerprint density at radius 3 is 2.64 bits per heavy atom. The highest BCUT2D eigenvalue weighted by atomic mass is 127. The van der Waals surface area contributed by atoms with Crippen molar-refractivity contribution < 1.29 is 18.7 Å². The van der Waals surface area contributed by atoms with Crippen LogP contribution in [0.4, 0.5) is 9.18 Å². The molecular formula is C17H21ClFIN2O3. The van der Waals surface area contributed by atoms with E-state index < -0.39 is 11.4 Å². The molecule has 25 heavy (non-hydrogen) atoms. The van der Waals surface area contributed by atoms with Gasteiger partial charge in [-0.2, -0.15) is 0 Å². The Hall–Kier alpha value is -1.09. The molecule has 1 heterocycles. The van der Waals surface area contributed by atoms with Crippen molar-refractivity contribution in [1.82, 2.24) is 9.80 Å². The van der Waals surface area contributed by atoms with E-state index in [1.165, 1.54) is 6.07 Å². The third-order valence-electron chi connectivity index (χ3n) is 3.92. The number of hydrogen-bond donors (Lipinski definition) is 0. The molecule has 0 aliphatic carbocycles. The Morgan fingerprint density at radius 1 is 1.40 bits per heavy atom. The highest BCUT2D eigenvalue weighted by molar-refractivity contribution is 14.1. The lowest BCUT2D eigenvalue weighted by atomic mass is 10.1. The summed E-state index contributed by atoms with van der Waals surface area (Å²) in [5.74, 6) is -0.749. The van der Waals surface area contributed by atoms with Crippen LogP contribution in [0.2, 0.25) is 5.02 Å². The first-order valence-electron chi connectivity index (χ1n) is 7.89. The summed E-state index contributed by atoms with van der Waals surface area (Å²) in [5, 5.41) is 0.0803. The minimum absolute atomic E-state index is 0.0803. The van der Waals surface area contributed by atoms with Gasteiger partial charge in [0.25, 0.3) is 5.91 Å². The van der Waals surface area contributed by atoms with Gasteiger partial charge in [-0.3, -0.25) is 4.79 Å². The molecule has 1 fully saturated rings. The van der Waals surface area contributed by atoms with Gasteiger partial charge in [-0.15, -0.1) is 0 Å². The fourth-order valence-electron chi connectivity index (χ4n) is 2.59. The third-order valence-corrected chi connectivity index (χ3v) is 5.06. The molecule has 1 aliphatic rings. The molecular weight excluding hydrogens is 462 g/mol. The lowest BCUT2D eigenvalue weighted by Gasteiger charge is -2.27. The number of ether oxygens (including phenoxy) is 1. The number of likely N-dealkylation sites (N-methyl/N-ethyl adjacent to an activating group) is 1. The smallest absolute Gasteiger partial charge is 0.410 e. The van der Waals surface area contributed by atoms with Gasteiger partial charge in [-0.05, 0) is 61.9 Å². The molecule has 5 nitrogen and oxygen atoms in total. The number of carbonyl (C=O) groups excluding carboxylic acids is 2. The van der Waals surface area contributed by atoms with Crippen LogP contribution in [-0.4, -0.2) is 53.6 Å². The molecule has 8 heteroatoms. The first kappa shape index (κ1) is 20.2. The standard InChI is InChI=1S/C17H21ClFIN2O3/c1-17(2,3)25-16(24)22-6-5-10(9-22)21(4)15(23)11-7-14(20)13(19)8-12(11)18/h7-8,10H,5-6,9H2,1-4H3. The molecule has 0 spiro atoms. The van der Waals surface area contributed by atoms with Gasteiger partial charge in [0, 0.05) is 23.7 Å². The number of nitrogens with zero attached hydrogens (tertiary/aromatic N) is 2. The lowest BCUT2D eigenvalue weighted by molar-refractivity contribution is 0.0279. The number of benzene rings is 1. The fraction of sp³-hybridized carbons (Fsp3) is 0.529. The van der Waals surface area contributed by atoms with Gasteiger partial charge in [-0.25, -0.2) is 9.18 Å². The van der Waals surface area contributed by atoms with Crippen LogP contribution in [0.25, 0.3) is 0 Å². The largest absolute Gasteiger partial charge is 0.444 e. The predicted molar refractivity (Wildman–Crippen MR) is 102 cm³/mol. The van der Waals surface area contributed by atoms with Crippen LogP contribution in [0.15, 0.2) is 12.1 Å². The summed E-state index contributed by atoms with van der Waals surface area (Å²) in [4.78, 5) is 28.0. The minimum Gasteiger partial charge on any atom is -0.444 e. The van der Waals surface area contributed by atoms with Crippen molar-refractivity contribution >= 4 is 46.2 Å². The molecule has 0 aromatic heterocycles. The van der Waals surface area contributed by atoms with E-state index >= 15 is 0 Å². The van der Waals surface area contributed by atoms with Gasteiger partial charge in [0.15, 0.2) is 0 Å². The fourth-order valence-corrected chi connectivity index (χ4v) is 3.29. The summed E-state index contributed by atoms with van der Waals surface area (Å²) >= 11 is 7.85. The number of amides is 2. The summed E-state index contributed by atoms with van der Waals surface area (Å²) in [7, 11) is 1.66. The first-order valence-corrected chi connectivity index (χ1v) is 9.35. The van der Waals surface area contributed by atoms with Crippen molar-refractivity contribution in [3.8, 4) is 0 Å². The van der Waals surface area contributed by atoms with Crippen LogP contribution >= 0.6 is 34.2 Å². The van der Waals surface area contributed by atoms with Gasteiger partial charge in [0.1, 0.15) is 11.4 Å². The average Bonchev–Trinajstić information content (AvgIpc) is 2.98. The van der Waals surface area contributed by atoms with Gasteiger partial charge < -0.3 is 14.5 Å². The van der Waals surface area contributed by atoms with Crippen LogP contribution in [0.5, 0.6) is 0 Å².